The molecule has 4 rings (SSSR count). The Labute approximate surface area is 166 Å². The Balaban J connectivity index is 1.70. The van der Waals surface area contributed by atoms with Crippen LogP contribution in [0.5, 0.6) is 11.5 Å². The zero-order valence-electron chi connectivity index (χ0n) is 16.8. The lowest BCUT2D eigenvalue weighted by Crippen LogP contribution is -2.36. The van der Waals surface area contributed by atoms with Gasteiger partial charge >= 0.3 is 0 Å². The molecule has 0 aliphatic carbocycles. The number of hydrogen-bond acceptors (Lipinski definition) is 4. The van der Waals surface area contributed by atoms with Crippen LogP contribution < -0.4 is 14.4 Å². The molecule has 1 saturated heterocycles. The number of rotatable bonds is 5. The second kappa shape index (κ2) is 8.11. The molecular weight excluding hydrogens is 350 g/mol. The lowest BCUT2D eigenvalue weighted by atomic mass is 9.94. The summed E-state index contributed by atoms with van der Waals surface area (Å²) in [6, 6.07) is 17.1. The first-order chi connectivity index (χ1) is 13.7. The Morgan fingerprint density at radius 1 is 0.857 bits per heavy atom. The van der Waals surface area contributed by atoms with Gasteiger partial charge in [0, 0.05) is 41.5 Å². The summed E-state index contributed by atoms with van der Waals surface area (Å²) in [7, 11) is 3.49. The molecule has 0 atom stereocenters. The highest BCUT2D eigenvalue weighted by Crippen LogP contribution is 2.41. The predicted octanol–water partition coefficient (Wildman–Crippen LogP) is 4.59. The zero-order chi connectivity index (χ0) is 19.5. The van der Waals surface area contributed by atoms with Crippen molar-refractivity contribution in [3.63, 3.8) is 0 Å². The lowest BCUT2D eigenvalue weighted by molar-refractivity contribution is 0.122. The summed E-state index contributed by atoms with van der Waals surface area (Å²) in [5.41, 5.74) is 4.83. The number of methoxy groups -OCH3 is 2. The fourth-order valence-corrected chi connectivity index (χ4v) is 4.11. The average Bonchev–Trinajstić information content (AvgIpc) is 2.75. The molecule has 3 aromatic rings. The maximum atomic E-state index is 5.85. The van der Waals surface area contributed by atoms with Gasteiger partial charge in [-0.25, -0.2) is 0 Å². The second-order valence-electron chi connectivity index (χ2n) is 7.16. The number of nitrogens with zero attached hydrogens (tertiary/aromatic N) is 1. The van der Waals surface area contributed by atoms with Crippen molar-refractivity contribution >= 4 is 16.5 Å². The topological polar surface area (TPSA) is 30.9 Å². The van der Waals surface area contributed by atoms with E-state index in [1.54, 1.807) is 14.2 Å². The van der Waals surface area contributed by atoms with E-state index >= 15 is 0 Å². The molecule has 0 spiro atoms. The highest BCUT2D eigenvalue weighted by atomic mass is 16.5. The molecule has 146 valence electrons. The fourth-order valence-electron chi connectivity index (χ4n) is 4.11. The van der Waals surface area contributed by atoms with Gasteiger partial charge in [-0.15, -0.1) is 0 Å². The van der Waals surface area contributed by atoms with Gasteiger partial charge in [-0.3, -0.25) is 0 Å². The van der Waals surface area contributed by atoms with Crippen LogP contribution in [-0.4, -0.2) is 40.5 Å². The van der Waals surface area contributed by atoms with Crippen molar-refractivity contribution in [2.45, 2.75) is 13.3 Å². The number of morpholine rings is 1. The summed E-state index contributed by atoms with van der Waals surface area (Å²) in [4.78, 5) is 2.37. The normalized spacial score (nSPS) is 14.3. The molecule has 1 fully saturated rings. The van der Waals surface area contributed by atoms with Crippen LogP contribution >= 0.6 is 0 Å². The number of fused-ring (bicyclic) bond motifs is 1. The van der Waals surface area contributed by atoms with Crippen molar-refractivity contribution in [1.82, 2.24) is 0 Å². The van der Waals surface area contributed by atoms with E-state index in [1.807, 2.05) is 12.1 Å². The third-order valence-electron chi connectivity index (χ3n) is 5.59. The molecule has 4 heteroatoms. The monoisotopic (exact) mass is 377 g/mol. The second-order valence-corrected chi connectivity index (χ2v) is 7.16. The Kier molecular flexibility index (Phi) is 5.40. The maximum Gasteiger partial charge on any atom is 0.130 e. The van der Waals surface area contributed by atoms with Crippen molar-refractivity contribution in [2.75, 3.05) is 45.4 Å². The van der Waals surface area contributed by atoms with Crippen molar-refractivity contribution in [3.8, 4) is 11.5 Å². The zero-order valence-corrected chi connectivity index (χ0v) is 16.8. The van der Waals surface area contributed by atoms with Gasteiger partial charge in [0.2, 0.25) is 0 Å². The van der Waals surface area contributed by atoms with Gasteiger partial charge in [0.1, 0.15) is 11.5 Å². The van der Waals surface area contributed by atoms with Crippen LogP contribution in [0.3, 0.4) is 0 Å². The maximum absolute atomic E-state index is 5.85. The molecule has 0 N–H and O–H groups in total. The van der Waals surface area contributed by atoms with Gasteiger partial charge in [-0.2, -0.15) is 0 Å². The first kappa shape index (κ1) is 18.6. The molecule has 0 radical (unpaired) electrons. The van der Waals surface area contributed by atoms with Gasteiger partial charge in [0.15, 0.2) is 0 Å². The van der Waals surface area contributed by atoms with Crippen LogP contribution in [0.2, 0.25) is 0 Å². The van der Waals surface area contributed by atoms with E-state index in [4.69, 9.17) is 14.2 Å². The van der Waals surface area contributed by atoms with Gasteiger partial charge in [0.25, 0.3) is 0 Å². The minimum atomic E-state index is 0.801. The van der Waals surface area contributed by atoms with Crippen molar-refractivity contribution in [1.29, 1.82) is 0 Å². The van der Waals surface area contributed by atoms with Gasteiger partial charge in [-0.05, 0) is 30.2 Å². The Morgan fingerprint density at radius 3 is 2.07 bits per heavy atom. The molecule has 0 amide bonds. The first-order valence-corrected chi connectivity index (χ1v) is 9.76. The third-order valence-corrected chi connectivity index (χ3v) is 5.59. The highest BCUT2D eigenvalue weighted by molar-refractivity contribution is 5.96. The summed E-state index contributed by atoms with van der Waals surface area (Å²) in [6.07, 6.45) is 0.805. The number of ether oxygens (including phenoxy) is 3. The molecule has 0 saturated carbocycles. The standard InChI is InChI=1S/C24H27NO3/c1-17-22(24(27-3)21-7-5-4-6-20(21)23(17)26-2)16-18-8-10-19(11-9-18)25-12-14-28-15-13-25/h4-11H,12-16H2,1-3H3. The summed E-state index contributed by atoms with van der Waals surface area (Å²) in [6.45, 7) is 5.62. The number of hydrogen-bond donors (Lipinski definition) is 0. The molecule has 3 aromatic carbocycles. The molecule has 0 unspecified atom stereocenters. The van der Waals surface area contributed by atoms with Crippen LogP contribution in [-0.2, 0) is 11.2 Å². The van der Waals surface area contributed by atoms with Gasteiger partial charge < -0.3 is 19.1 Å². The highest BCUT2D eigenvalue weighted by Gasteiger charge is 2.18. The summed E-state index contributed by atoms with van der Waals surface area (Å²) >= 11 is 0. The van der Waals surface area contributed by atoms with E-state index in [0.717, 1.165) is 60.6 Å². The first-order valence-electron chi connectivity index (χ1n) is 9.76. The van der Waals surface area contributed by atoms with E-state index in [2.05, 4.69) is 48.2 Å². The van der Waals surface area contributed by atoms with Crippen LogP contribution in [0.25, 0.3) is 10.8 Å². The molecule has 1 aliphatic rings. The van der Waals surface area contributed by atoms with Crippen LogP contribution in [0.15, 0.2) is 48.5 Å². The summed E-state index contributed by atoms with van der Waals surface area (Å²) in [5, 5.41) is 2.18. The Bertz CT molecular complexity index is 960. The predicted molar refractivity (Wildman–Crippen MR) is 114 cm³/mol. The van der Waals surface area contributed by atoms with E-state index < -0.39 is 0 Å². The molecule has 1 heterocycles. The fraction of sp³-hybridized carbons (Fsp3) is 0.333. The van der Waals surface area contributed by atoms with Gasteiger partial charge in [0.05, 0.1) is 27.4 Å². The largest absolute Gasteiger partial charge is 0.496 e. The van der Waals surface area contributed by atoms with E-state index in [1.165, 1.54) is 16.8 Å². The van der Waals surface area contributed by atoms with Crippen LogP contribution in [0.4, 0.5) is 5.69 Å². The minimum absolute atomic E-state index is 0.801. The Morgan fingerprint density at radius 2 is 1.46 bits per heavy atom. The van der Waals surface area contributed by atoms with Crippen molar-refractivity contribution < 1.29 is 14.2 Å². The number of benzene rings is 3. The Hall–Kier alpha value is -2.72. The smallest absolute Gasteiger partial charge is 0.130 e. The van der Waals surface area contributed by atoms with E-state index in [-0.39, 0.29) is 0 Å². The molecule has 0 aromatic heterocycles. The van der Waals surface area contributed by atoms with Crippen LogP contribution in [0, 0.1) is 6.92 Å². The quantitative estimate of drug-likeness (QED) is 0.651. The van der Waals surface area contributed by atoms with Crippen molar-refractivity contribution in [3.05, 3.63) is 65.2 Å². The summed E-state index contributed by atoms with van der Waals surface area (Å²) < 4.78 is 17.1. The van der Waals surface area contributed by atoms with Crippen molar-refractivity contribution in [2.24, 2.45) is 0 Å². The average molecular weight is 377 g/mol. The van der Waals surface area contributed by atoms with Crippen LogP contribution in [0.1, 0.15) is 16.7 Å². The molecule has 1 aliphatic heterocycles. The van der Waals surface area contributed by atoms with E-state index in [0.29, 0.717) is 0 Å². The molecule has 28 heavy (non-hydrogen) atoms. The molecular formula is C24H27NO3. The summed E-state index contributed by atoms with van der Waals surface area (Å²) in [5.74, 6) is 1.86. The molecule has 0 bridgehead atoms. The molecule has 4 nitrogen and oxygen atoms in total. The minimum Gasteiger partial charge on any atom is -0.496 e. The third kappa shape index (κ3) is 3.40. The number of anilines is 1. The lowest BCUT2D eigenvalue weighted by Gasteiger charge is -2.29. The SMILES string of the molecule is COc1c(C)c(Cc2ccc(N3CCOCC3)cc2)c(OC)c2ccccc12. The van der Waals surface area contributed by atoms with E-state index in [9.17, 15) is 0 Å². The van der Waals surface area contributed by atoms with Gasteiger partial charge in [-0.1, -0.05) is 36.4 Å².